The molecule has 0 aliphatic heterocycles. The fourth-order valence-corrected chi connectivity index (χ4v) is 3.97. The summed E-state index contributed by atoms with van der Waals surface area (Å²) in [6.07, 6.45) is 12.3. The predicted molar refractivity (Wildman–Crippen MR) is 89.9 cm³/mol. The van der Waals surface area contributed by atoms with E-state index in [1.165, 1.54) is 0 Å². The van der Waals surface area contributed by atoms with Gasteiger partial charge in [-0.1, -0.05) is 24.4 Å². The number of carbonyl (C=O) groups is 1. The first-order valence-corrected chi connectivity index (χ1v) is 9.28. The summed E-state index contributed by atoms with van der Waals surface area (Å²) in [4.78, 5) is 21.5. The van der Waals surface area contributed by atoms with E-state index in [1.807, 2.05) is 0 Å². The van der Waals surface area contributed by atoms with Crippen molar-refractivity contribution in [2.45, 2.75) is 63.9 Å². The van der Waals surface area contributed by atoms with Crippen molar-refractivity contribution in [1.82, 2.24) is 15.1 Å². The SMILES string of the molecule is O=C(O[C@@H](c1ncccn1)C1CCCC1)c1noc2c1CCCCC2. The normalized spacial score (nSPS) is 19.2. The van der Waals surface area contributed by atoms with Gasteiger partial charge >= 0.3 is 5.97 Å². The van der Waals surface area contributed by atoms with Gasteiger partial charge in [0.2, 0.25) is 0 Å². The van der Waals surface area contributed by atoms with Crippen LogP contribution >= 0.6 is 0 Å². The van der Waals surface area contributed by atoms with Crippen LogP contribution in [0.3, 0.4) is 0 Å². The summed E-state index contributed by atoms with van der Waals surface area (Å²) in [7, 11) is 0. The summed E-state index contributed by atoms with van der Waals surface area (Å²) in [5, 5.41) is 4.02. The molecule has 2 aliphatic carbocycles. The third-order valence-electron chi connectivity index (χ3n) is 5.30. The molecule has 0 saturated heterocycles. The maximum atomic E-state index is 12.8. The minimum Gasteiger partial charge on any atom is -0.449 e. The van der Waals surface area contributed by atoms with Crippen molar-refractivity contribution in [3.05, 3.63) is 41.3 Å². The zero-order valence-electron chi connectivity index (χ0n) is 14.3. The molecule has 0 aromatic carbocycles. The second-order valence-corrected chi connectivity index (χ2v) is 6.97. The fraction of sp³-hybridized carbons (Fsp3) is 0.579. The Morgan fingerprint density at radius 3 is 2.64 bits per heavy atom. The van der Waals surface area contributed by atoms with Gasteiger partial charge in [0.25, 0.3) is 0 Å². The molecule has 132 valence electrons. The third kappa shape index (κ3) is 3.43. The predicted octanol–water partition coefficient (Wildman–Crippen LogP) is 3.82. The summed E-state index contributed by atoms with van der Waals surface area (Å²) in [6.45, 7) is 0. The first kappa shape index (κ1) is 16.2. The number of aryl methyl sites for hydroxylation is 1. The van der Waals surface area contributed by atoms with Crippen molar-refractivity contribution in [3.63, 3.8) is 0 Å². The summed E-state index contributed by atoms with van der Waals surface area (Å²) in [5.74, 6) is 1.29. The second kappa shape index (κ2) is 7.33. The number of nitrogens with zero attached hydrogens (tertiary/aromatic N) is 3. The number of esters is 1. The lowest BCUT2D eigenvalue weighted by Gasteiger charge is -2.21. The molecular weight excluding hydrogens is 318 g/mol. The number of carbonyl (C=O) groups excluding carboxylic acids is 1. The molecule has 0 bridgehead atoms. The van der Waals surface area contributed by atoms with E-state index in [-0.39, 0.29) is 5.92 Å². The highest BCUT2D eigenvalue weighted by Gasteiger charge is 2.34. The molecule has 1 atom stereocenters. The van der Waals surface area contributed by atoms with Crippen molar-refractivity contribution in [1.29, 1.82) is 0 Å². The minimum absolute atomic E-state index is 0.275. The maximum absolute atomic E-state index is 12.8. The zero-order valence-corrected chi connectivity index (χ0v) is 14.3. The van der Waals surface area contributed by atoms with Crippen LogP contribution in [0.4, 0.5) is 0 Å². The number of aromatic nitrogens is 3. The van der Waals surface area contributed by atoms with Gasteiger partial charge in [0.15, 0.2) is 17.6 Å². The van der Waals surface area contributed by atoms with Crippen LogP contribution in [0.5, 0.6) is 0 Å². The Morgan fingerprint density at radius 1 is 1.08 bits per heavy atom. The molecule has 6 nitrogen and oxygen atoms in total. The molecule has 2 aromatic heterocycles. The lowest BCUT2D eigenvalue weighted by molar-refractivity contribution is 0.00967. The number of hydrogen-bond donors (Lipinski definition) is 0. The van der Waals surface area contributed by atoms with Gasteiger partial charge in [0.1, 0.15) is 5.76 Å². The van der Waals surface area contributed by atoms with Gasteiger partial charge in [0, 0.05) is 30.3 Å². The highest BCUT2D eigenvalue weighted by molar-refractivity contribution is 5.89. The second-order valence-electron chi connectivity index (χ2n) is 6.97. The van der Waals surface area contributed by atoms with Crippen molar-refractivity contribution >= 4 is 5.97 Å². The average Bonchev–Trinajstić information content (AvgIpc) is 3.26. The van der Waals surface area contributed by atoms with Gasteiger partial charge in [-0.3, -0.25) is 0 Å². The van der Waals surface area contributed by atoms with Crippen LogP contribution in [0, 0.1) is 5.92 Å². The highest BCUT2D eigenvalue weighted by atomic mass is 16.5. The molecule has 6 heteroatoms. The standard InChI is InChI=1S/C19H23N3O3/c23-19(16-14-9-2-1-3-10-15(14)25-22-16)24-17(13-7-4-5-8-13)18-20-11-6-12-21-18/h6,11-13,17H,1-5,7-10H2/t17-/m1/s1. The topological polar surface area (TPSA) is 78.1 Å². The Kier molecular flexibility index (Phi) is 4.76. The van der Waals surface area contributed by atoms with Gasteiger partial charge in [-0.05, 0) is 38.2 Å². The molecule has 25 heavy (non-hydrogen) atoms. The van der Waals surface area contributed by atoms with Crippen molar-refractivity contribution in [2.75, 3.05) is 0 Å². The van der Waals surface area contributed by atoms with E-state index in [4.69, 9.17) is 9.26 Å². The third-order valence-corrected chi connectivity index (χ3v) is 5.30. The van der Waals surface area contributed by atoms with Crippen LogP contribution in [-0.4, -0.2) is 21.1 Å². The van der Waals surface area contributed by atoms with Crippen LogP contribution in [-0.2, 0) is 17.6 Å². The van der Waals surface area contributed by atoms with Crippen LogP contribution in [0.1, 0.15) is 78.7 Å². The highest BCUT2D eigenvalue weighted by Crippen LogP contribution is 2.37. The molecule has 0 radical (unpaired) electrons. The summed E-state index contributed by atoms with van der Waals surface area (Å²) in [5.41, 5.74) is 1.28. The lowest BCUT2D eigenvalue weighted by Crippen LogP contribution is -2.21. The average molecular weight is 341 g/mol. The molecule has 0 unspecified atom stereocenters. The van der Waals surface area contributed by atoms with Crippen molar-refractivity contribution < 1.29 is 14.1 Å². The van der Waals surface area contributed by atoms with E-state index < -0.39 is 12.1 Å². The van der Waals surface area contributed by atoms with E-state index in [9.17, 15) is 4.79 Å². The lowest BCUT2D eigenvalue weighted by atomic mass is 10.00. The number of hydrogen-bond acceptors (Lipinski definition) is 6. The van der Waals surface area contributed by atoms with Crippen LogP contribution in [0.15, 0.2) is 23.0 Å². The van der Waals surface area contributed by atoms with Gasteiger partial charge in [0.05, 0.1) is 0 Å². The van der Waals surface area contributed by atoms with Crippen LogP contribution < -0.4 is 0 Å². The Labute approximate surface area is 147 Å². The molecule has 1 saturated carbocycles. The smallest absolute Gasteiger partial charge is 0.361 e. The van der Waals surface area contributed by atoms with E-state index in [1.54, 1.807) is 18.5 Å². The van der Waals surface area contributed by atoms with Gasteiger partial charge in [-0.2, -0.15) is 0 Å². The molecule has 0 amide bonds. The molecule has 2 heterocycles. The number of rotatable bonds is 4. The van der Waals surface area contributed by atoms with Gasteiger partial charge in [-0.15, -0.1) is 0 Å². The minimum atomic E-state index is -0.408. The Bertz CT molecular complexity index is 723. The first-order chi connectivity index (χ1) is 12.3. The summed E-state index contributed by atoms with van der Waals surface area (Å²) in [6, 6.07) is 1.77. The van der Waals surface area contributed by atoms with E-state index in [0.29, 0.717) is 11.5 Å². The molecule has 2 aliphatic rings. The Hall–Kier alpha value is -2.24. The molecule has 4 rings (SSSR count). The van der Waals surface area contributed by atoms with Crippen LogP contribution in [0.2, 0.25) is 0 Å². The van der Waals surface area contributed by atoms with Gasteiger partial charge < -0.3 is 9.26 Å². The largest absolute Gasteiger partial charge is 0.449 e. The molecule has 2 aromatic rings. The van der Waals surface area contributed by atoms with Crippen LogP contribution in [0.25, 0.3) is 0 Å². The Morgan fingerprint density at radius 2 is 1.84 bits per heavy atom. The first-order valence-electron chi connectivity index (χ1n) is 9.28. The molecule has 1 fully saturated rings. The van der Waals surface area contributed by atoms with E-state index in [2.05, 4.69) is 15.1 Å². The quantitative estimate of drug-likeness (QED) is 0.621. The van der Waals surface area contributed by atoms with Gasteiger partial charge in [-0.25, -0.2) is 14.8 Å². The fourth-order valence-electron chi connectivity index (χ4n) is 3.97. The monoisotopic (exact) mass is 341 g/mol. The molecule has 0 spiro atoms. The Balaban J connectivity index is 1.58. The number of fused-ring (bicyclic) bond motifs is 1. The van der Waals surface area contributed by atoms with E-state index in [0.717, 1.165) is 69.1 Å². The maximum Gasteiger partial charge on any atom is 0.361 e. The molecular formula is C19H23N3O3. The molecule has 0 N–H and O–H groups in total. The summed E-state index contributed by atoms with van der Waals surface area (Å²) >= 11 is 0. The summed E-state index contributed by atoms with van der Waals surface area (Å²) < 4.78 is 11.3. The van der Waals surface area contributed by atoms with E-state index >= 15 is 0 Å². The zero-order chi connectivity index (χ0) is 17.1. The number of ether oxygens (including phenoxy) is 1. The van der Waals surface area contributed by atoms with Crippen molar-refractivity contribution in [2.24, 2.45) is 5.92 Å². The van der Waals surface area contributed by atoms with Crippen molar-refractivity contribution in [3.8, 4) is 0 Å².